The third-order valence-electron chi connectivity index (χ3n) is 1.70. The van der Waals surface area contributed by atoms with E-state index in [4.69, 9.17) is 4.74 Å². The Labute approximate surface area is 74.5 Å². The van der Waals surface area contributed by atoms with Gasteiger partial charge >= 0.3 is 0 Å². The van der Waals surface area contributed by atoms with Crippen LogP contribution >= 0.6 is 0 Å². The van der Waals surface area contributed by atoms with Crippen molar-refractivity contribution in [3.05, 3.63) is 24.4 Å². The normalized spacial score (nSPS) is 19.8. The first-order chi connectivity index (χ1) is 5.61. The van der Waals surface area contributed by atoms with Gasteiger partial charge in [0.2, 0.25) is 0 Å². The molecule has 1 aliphatic heterocycles. The molecule has 0 unspecified atom stereocenters. The number of allylic oxidation sites excluding steroid dienone is 1. The number of hydrogen-bond donors (Lipinski definition) is 0. The smallest absolute Gasteiger partial charge is 0.195 e. The van der Waals surface area contributed by atoms with Gasteiger partial charge < -0.3 is 9.64 Å². The van der Waals surface area contributed by atoms with Gasteiger partial charge in [0.05, 0.1) is 0 Å². The minimum absolute atomic E-state index is 0.466. The second kappa shape index (κ2) is 3.65. The zero-order valence-electron chi connectivity index (χ0n) is 8.24. The lowest BCUT2D eigenvalue weighted by Gasteiger charge is -2.20. The zero-order chi connectivity index (χ0) is 9.14. The van der Waals surface area contributed by atoms with Crippen LogP contribution < -0.4 is 0 Å². The average Bonchev–Trinajstić information content (AvgIpc) is 2.33. The Morgan fingerprint density at radius 1 is 1.33 bits per heavy atom. The zero-order valence-corrected chi connectivity index (χ0v) is 8.24. The van der Waals surface area contributed by atoms with Crippen molar-refractivity contribution in [2.24, 2.45) is 5.92 Å². The average molecular weight is 167 g/mol. The molecule has 0 bridgehead atoms. The summed E-state index contributed by atoms with van der Waals surface area (Å²) in [4.78, 5) is 2.12. The van der Waals surface area contributed by atoms with Crippen LogP contribution in [-0.2, 0) is 4.74 Å². The molecule has 2 nitrogen and oxygen atoms in total. The quantitative estimate of drug-likeness (QED) is 0.627. The highest BCUT2D eigenvalue weighted by atomic mass is 16.5. The molecule has 0 aromatic heterocycles. The van der Waals surface area contributed by atoms with Crippen LogP contribution in [0.3, 0.4) is 0 Å². The van der Waals surface area contributed by atoms with Gasteiger partial charge in [0.25, 0.3) is 0 Å². The molecule has 1 rings (SSSR count). The first-order valence-corrected chi connectivity index (χ1v) is 4.44. The van der Waals surface area contributed by atoms with Gasteiger partial charge in [-0.25, -0.2) is 0 Å². The molecule has 0 radical (unpaired) electrons. The fraction of sp³-hybridized carbons (Fsp3) is 0.600. The Kier molecular flexibility index (Phi) is 2.79. The van der Waals surface area contributed by atoms with Gasteiger partial charge in [0.15, 0.2) is 5.88 Å². The molecule has 0 saturated heterocycles. The predicted molar refractivity (Wildman–Crippen MR) is 50.1 cm³/mol. The lowest BCUT2D eigenvalue weighted by atomic mass is 10.2. The van der Waals surface area contributed by atoms with E-state index in [1.54, 1.807) is 6.26 Å². The molecule has 12 heavy (non-hydrogen) atoms. The summed E-state index contributed by atoms with van der Waals surface area (Å²) >= 11 is 0. The standard InChI is InChI=1S/C10H17NO/c1-8(2)7-10-11(9(3)4)5-6-12-10/h5-9H,1-4H3/b10-7+. The van der Waals surface area contributed by atoms with Crippen LogP contribution in [-0.4, -0.2) is 10.9 Å². The minimum Gasteiger partial charge on any atom is -0.447 e. The SMILES string of the molecule is CC(C)/C=C1/OC=CN1C(C)C. The van der Waals surface area contributed by atoms with Gasteiger partial charge in [-0.15, -0.1) is 0 Å². The maximum absolute atomic E-state index is 5.34. The number of hydrogen-bond acceptors (Lipinski definition) is 2. The summed E-state index contributed by atoms with van der Waals surface area (Å²) in [6, 6.07) is 0.466. The van der Waals surface area contributed by atoms with E-state index in [1.807, 2.05) is 6.20 Å². The first-order valence-electron chi connectivity index (χ1n) is 4.44. The van der Waals surface area contributed by atoms with Crippen LogP contribution in [0.5, 0.6) is 0 Å². The number of rotatable bonds is 2. The molecule has 0 spiro atoms. The number of nitrogens with zero attached hydrogens (tertiary/aromatic N) is 1. The van der Waals surface area contributed by atoms with Crippen molar-refractivity contribution >= 4 is 0 Å². The highest BCUT2D eigenvalue weighted by molar-refractivity contribution is 5.06. The largest absolute Gasteiger partial charge is 0.447 e. The molecular weight excluding hydrogens is 150 g/mol. The number of ether oxygens (including phenoxy) is 1. The van der Waals surface area contributed by atoms with E-state index in [2.05, 4.69) is 38.7 Å². The molecule has 2 heteroatoms. The van der Waals surface area contributed by atoms with Gasteiger partial charge in [-0.2, -0.15) is 0 Å². The summed E-state index contributed by atoms with van der Waals surface area (Å²) in [5, 5.41) is 0. The Morgan fingerprint density at radius 2 is 2.00 bits per heavy atom. The molecule has 0 saturated carbocycles. The van der Waals surface area contributed by atoms with Gasteiger partial charge in [0, 0.05) is 12.2 Å². The predicted octanol–water partition coefficient (Wildman–Crippen LogP) is 2.70. The van der Waals surface area contributed by atoms with E-state index in [-0.39, 0.29) is 0 Å². The molecule has 68 valence electrons. The third kappa shape index (κ3) is 2.03. The molecule has 0 N–H and O–H groups in total. The highest BCUT2D eigenvalue weighted by Crippen LogP contribution is 2.19. The summed E-state index contributed by atoms with van der Waals surface area (Å²) in [6.07, 6.45) is 5.83. The van der Waals surface area contributed by atoms with Crippen LogP contribution in [0.15, 0.2) is 24.4 Å². The topological polar surface area (TPSA) is 12.5 Å². The van der Waals surface area contributed by atoms with Crippen molar-refractivity contribution in [1.82, 2.24) is 4.90 Å². The molecule has 0 aliphatic carbocycles. The van der Waals surface area contributed by atoms with E-state index in [9.17, 15) is 0 Å². The summed E-state index contributed by atoms with van der Waals surface area (Å²) in [7, 11) is 0. The van der Waals surface area contributed by atoms with Gasteiger partial charge in [-0.05, 0) is 25.8 Å². The molecule has 0 aromatic rings. The second-order valence-electron chi connectivity index (χ2n) is 3.65. The fourth-order valence-corrected chi connectivity index (χ4v) is 1.14. The van der Waals surface area contributed by atoms with Crippen LogP contribution in [0, 0.1) is 5.92 Å². The maximum Gasteiger partial charge on any atom is 0.195 e. The van der Waals surface area contributed by atoms with Crippen LogP contribution in [0.25, 0.3) is 0 Å². The summed E-state index contributed by atoms with van der Waals surface area (Å²) in [5.74, 6) is 1.49. The Bertz CT molecular complexity index is 204. The maximum atomic E-state index is 5.34. The molecule has 0 atom stereocenters. The van der Waals surface area contributed by atoms with Crippen LogP contribution in [0.2, 0.25) is 0 Å². The van der Waals surface area contributed by atoms with Crippen molar-refractivity contribution in [2.75, 3.05) is 0 Å². The van der Waals surface area contributed by atoms with Crippen molar-refractivity contribution < 1.29 is 4.74 Å². The van der Waals surface area contributed by atoms with Crippen molar-refractivity contribution in [3.8, 4) is 0 Å². The van der Waals surface area contributed by atoms with E-state index >= 15 is 0 Å². The van der Waals surface area contributed by atoms with Gasteiger partial charge in [0.1, 0.15) is 6.26 Å². The molecule has 0 amide bonds. The molecule has 1 aliphatic rings. The molecule has 0 fully saturated rings. The summed E-state index contributed by atoms with van der Waals surface area (Å²) < 4.78 is 5.34. The Balaban J connectivity index is 2.68. The first kappa shape index (κ1) is 9.17. The monoisotopic (exact) mass is 167 g/mol. The second-order valence-corrected chi connectivity index (χ2v) is 3.65. The summed E-state index contributed by atoms with van der Waals surface area (Å²) in [5.41, 5.74) is 0. The molecule has 1 heterocycles. The van der Waals surface area contributed by atoms with E-state index in [0.29, 0.717) is 12.0 Å². The van der Waals surface area contributed by atoms with Crippen LogP contribution in [0.4, 0.5) is 0 Å². The molecular formula is C10H17NO. The van der Waals surface area contributed by atoms with Crippen LogP contribution in [0.1, 0.15) is 27.7 Å². The Morgan fingerprint density at radius 3 is 2.50 bits per heavy atom. The lowest BCUT2D eigenvalue weighted by molar-refractivity contribution is 0.241. The van der Waals surface area contributed by atoms with Crippen molar-refractivity contribution in [1.29, 1.82) is 0 Å². The minimum atomic E-state index is 0.466. The third-order valence-corrected chi connectivity index (χ3v) is 1.70. The van der Waals surface area contributed by atoms with E-state index < -0.39 is 0 Å². The molecule has 0 aromatic carbocycles. The van der Waals surface area contributed by atoms with E-state index in [0.717, 1.165) is 5.88 Å². The Hall–Kier alpha value is -0.920. The highest BCUT2D eigenvalue weighted by Gasteiger charge is 2.16. The fourth-order valence-electron chi connectivity index (χ4n) is 1.14. The van der Waals surface area contributed by atoms with Gasteiger partial charge in [-0.1, -0.05) is 13.8 Å². The van der Waals surface area contributed by atoms with E-state index in [1.165, 1.54) is 0 Å². The van der Waals surface area contributed by atoms with Crippen molar-refractivity contribution in [3.63, 3.8) is 0 Å². The summed E-state index contributed by atoms with van der Waals surface area (Å²) in [6.45, 7) is 8.58. The van der Waals surface area contributed by atoms with Gasteiger partial charge in [-0.3, -0.25) is 0 Å². The van der Waals surface area contributed by atoms with Crippen molar-refractivity contribution in [2.45, 2.75) is 33.7 Å². The lowest BCUT2D eigenvalue weighted by Crippen LogP contribution is -2.22.